The molecular weight excluding hydrogens is 304 g/mol. The Morgan fingerprint density at radius 2 is 2.00 bits per heavy atom. The smallest absolute Gasteiger partial charge is 0.237 e. The lowest BCUT2D eigenvalue weighted by Crippen LogP contribution is -2.44. The van der Waals surface area contributed by atoms with E-state index >= 15 is 0 Å². The highest BCUT2D eigenvalue weighted by atomic mass is 16.6. The number of rotatable bonds is 4. The molecule has 5 heteroatoms. The van der Waals surface area contributed by atoms with Gasteiger partial charge in [0, 0.05) is 23.5 Å². The molecule has 128 valence electrons. The highest BCUT2D eigenvalue weighted by molar-refractivity contribution is 5.82. The maximum atomic E-state index is 13.1. The lowest BCUT2D eigenvalue weighted by atomic mass is 9.85. The van der Waals surface area contributed by atoms with Crippen molar-refractivity contribution < 1.29 is 9.72 Å². The molecule has 1 aliphatic heterocycles. The maximum absolute atomic E-state index is 13.1. The normalized spacial score (nSPS) is 22.0. The summed E-state index contributed by atoms with van der Waals surface area (Å²) >= 11 is 0. The fourth-order valence-corrected chi connectivity index (χ4v) is 3.99. The van der Waals surface area contributed by atoms with E-state index < -0.39 is 12.1 Å². The van der Waals surface area contributed by atoms with Crippen LogP contribution >= 0.6 is 0 Å². The van der Waals surface area contributed by atoms with E-state index in [0.29, 0.717) is 6.42 Å². The minimum atomic E-state index is -0.788. The maximum Gasteiger partial charge on any atom is 0.237 e. The molecule has 1 aromatic rings. The summed E-state index contributed by atoms with van der Waals surface area (Å²) in [6.07, 6.45) is 9.17. The van der Waals surface area contributed by atoms with E-state index in [1.165, 1.54) is 6.42 Å². The van der Waals surface area contributed by atoms with Gasteiger partial charge in [0.2, 0.25) is 11.9 Å². The van der Waals surface area contributed by atoms with Crippen molar-refractivity contribution >= 4 is 12.0 Å². The summed E-state index contributed by atoms with van der Waals surface area (Å²) in [6.45, 7) is 1.82. The van der Waals surface area contributed by atoms with Crippen LogP contribution in [-0.4, -0.2) is 21.8 Å². The van der Waals surface area contributed by atoms with E-state index in [1.807, 2.05) is 37.3 Å². The van der Waals surface area contributed by atoms with Gasteiger partial charge in [0.25, 0.3) is 0 Å². The minimum absolute atomic E-state index is 0.000391. The van der Waals surface area contributed by atoms with Crippen LogP contribution in [0.1, 0.15) is 62.6 Å². The number of fused-ring (bicyclic) bond motifs is 1. The van der Waals surface area contributed by atoms with E-state index in [9.17, 15) is 14.9 Å². The lowest BCUT2D eigenvalue weighted by Gasteiger charge is -2.37. The molecule has 2 atom stereocenters. The molecule has 1 fully saturated rings. The second-order valence-electron chi connectivity index (χ2n) is 6.73. The Bertz CT molecular complexity index is 650. The van der Waals surface area contributed by atoms with Crippen LogP contribution in [0.25, 0.3) is 6.08 Å². The summed E-state index contributed by atoms with van der Waals surface area (Å²) in [5.41, 5.74) is 1.85. The molecule has 1 heterocycles. The van der Waals surface area contributed by atoms with Gasteiger partial charge in [-0.15, -0.1) is 0 Å². The Morgan fingerprint density at radius 3 is 2.67 bits per heavy atom. The number of nitro groups is 1. The highest BCUT2D eigenvalue weighted by Crippen LogP contribution is 2.37. The van der Waals surface area contributed by atoms with E-state index in [-0.39, 0.29) is 16.7 Å². The van der Waals surface area contributed by atoms with Crippen LogP contribution in [0.15, 0.2) is 30.5 Å². The van der Waals surface area contributed by atoms with Gasteiger partial charge in [0.15, 0.2) is 0 Å². The van der Waals surface area contributed by atoms with E-state index in [4.69, 9.17) is 0 Å². The van der Waals surface area contributed by atoms with Crippen molar-refractivity contribution in [3.8, 4) is 0 Å². The molecular formula is C19H24N2O3. The van der Waals surface area contributed by atoms with Gasteiger partial charge in [-0.3, -0.25) is 14.9 Å². The number of benzene rings is 1. The summed E-state index contributed by atoms with van der Waals surface area (Å²) in [6, 6.07) is 6.38. The molecule has 2 unspecified atom stereocenters. The molecule has 1 amide bonds. The zero-order valence-corrected chi connectivity index (χ0v) is 14.1. The van der Waals surface area contributed by atoms with E-state index in [2.05, 4.69) is 0 Å². The predicted octanol–water partition coefficient (Wildman–Crippen LogP) is 4.18. The molecule has 1 aromatic carbocycles. The number of nitrogens with zero attached hydrogens (tertiary/aromatic N) is 2. The van der Waals surface area contributed by atoms with Gasteiger partial charge in [-0.1, -0.05) is 50.5 Å². The van der Waals surface area contributed by atoms with Gasteiger partial charge in [-0.25, -0.2) is 0 Å². The molecule has 0 radical (unpaired) electrons. The molecule has 0 N–H and O–H groups in total. The van der Waals surface area contributed by atoms with Crippen molar-refractivity contribution in [1.82, 2.24) is 4.90 Å². The minimum Gasteiger partial charge on any atom is -0.304 e. The molecule has 0 spiro atoms. The first-order chi connectivity index (χ1) is 11.6. The lowest BCUT2D eigenvalue weighted by molar-refractivity contribution is -0.531. The van der Waals surface area contributed by atoms with Crippen molar-refractivity contribution in [3.63, 3.8) is 0 Å². The molecule has 24 heavy (non-hydrogen) atoms. The molecule has 0 aromatic heterocycles. The molecule has 1 saturated carbocycles. The topological polar surface area (TPSA) is 63.5 Å². The monoisotopic (exact) mass is 328 g/mol. The Hall–Kier alpha value is -2.17. The van der Waals surface area contributed by atoms with Gasteiger partial charge >= 0.3 is 0 Å². The molecule has 0 bridgehead atoms. The highest BCUT2D eigenvalue weighted by Gasteiger charge is 2.41. The number of amides is 1. The van der Waals surface area contributed by atoms with Crippen LogP contribution in [0.3, 0.4) is 0 Å². The van der Waals surface area contributed by atoms with Crippen molar-refractivity contribution in [2.45, 2.75) is 57.5 Å². The Labute approximate surface area is 142 Å². The average Bonchev–Trinajstić information content (AvgIpc) is 2.62. The van der Waals surface area contributed by atoms with Crippen LogP contribution in [0.4, 0.5) is 0 Å². The first-order valence-electron chi connectivity index (χ1n) is 8.86. The van der Waals surface area contributed by atoms with Gasteiger partial charge in [-0.2, -0.15) is 0 Å². The molecule has 0 saturated heterocycles. The van der Waals surface area contributed by atoms with Crippen molar-refractivity contribution in [1.29, 1.82) is 0 Å². The van der Waals surface area contributed by atoms with E-state index in [0.717, 1.165) is 36.8 Å². The van der Waals surface area contributed by atoms with Crippen LogP contribution in [0, 0.1) is 16.0 Å². The third kappa shape index (κ3) is 3.07. The third-order valence-electron chi connectivity index (χ3n) is 5.29. The van der Waals surface area contributed by atoms with Crippen molar-refractivity contribution in [3.05, 3.63) is 51.7 Å². The van der Waals surface area contributed by atoms with Crippen LogP contribution in [-0.2, 0) is 4.79 Å². The summed E-state index contributed by atoms with van der Waals surface area (Å²) in [7, 11) is 0. The second kappa shape index (κ2) is 7.16. The number of carbonyl (C=O) groups is 1. The largest absolute Gasteiger partial charge is 0.304 e. The summed E-state index contributed by atoms with van der Waals surface area (Å²) in [4.78, 5) is 26.1. The second-order valence-corrected chi connectivity index (χ2v) is 6.73. The Kier molecular flexibility index (Phi) is 4.97. The fourth-order valence-electron chi connectivity index (χ4n) is 3.99. The van der Waals surface area contributed by atoms with Crippen LogP contribution in [0.5, 0.6) is 0 Å². The molecule has 3 rings (SSSR count). The standard InChI is InChI=1S/C19H24N2O3/c1-2-17(21(23)24)18-16-11-7-6-8-14(16)12-13-20(18)19(22)15-9-4-3-5-10-15/h6-8,11-13,15,17-18H,2-5,9-10H2,1H3. The SMILES string of the molecule is CCC(C1c2ccccc2C=CN1C(=O)C1CCCCC1)[N+](=O)[O-]. The first kappa shape index (κ1) is 16.7. The average molecular weight is 328 g/mol. The zero-order chi connectivity index (χ0) is 17.1. The molecule has 2 aliphatic rings. The first-order valence-corrected chi connectivity index (χ1v) is 8.86. The van der Waals surface area contributed by atoms with Gasteiger partial charge in [-0.05, 0) is 30.0 Å². The van der Waals surface area contributed by atoms with E-state index in [1.54, 1.807) is 11.1 Å². The summed E-state index contributed by atoms with van der Waals surface area (Å²) in [5, 5.41) is 11.6. The zero-order valence-electron chi connectivity index (χ0n) is 14.1. The molecule has 5 nitrogen and oxygen atoms in total. The van der Waals surface area contributed by atoms with Crippen LogP contribution in [0.2, 0.25) is 0 Å². The quantitative estimate of drug-likeness (QED) is 0.615. The number of carbonyl (C=O) groups excluding carboxylic acids is 1. The molecule has 1 aliphatic carbocycles. The van der Waals surface area contributed by atoms with Gasteiger partial charge in [0.05, 0.1) is 0 Å². The third-order valence-corrected chi connectivity index (χ3v) is 5.29. The van der Waals surface area contributed by atoms with Crippen LogP contribution < -0.4 is 0 Å². The summed E-state index contributed by atoms with van der Waals surface area (Å²) < 4.78 is 0. The number of hydrogen-bond donors (Lipinski definition) is 0. The fraction of sp³-hybridized carbons (Fsp3) is 0.526. The summed E-state index contributed by atoms with van der Waals surface area (Å²) in [5.74, 6) is 0.0474. The van der Waals surface area contributed by atoms with Crippen molar-refractivity contribution in [2.75, 3.05) is 0 Å². The number of hydrogen-bond acceptors (Lipinski definition) is 3. The van der Waals surface area contributed by atoms with Gasteiger partial charge in [0.1, 0.15) is 6.04 Å². The Balaban J connectivity index is 1.97. The predicted molar refractivity (Wildman–Crippen MR) is 92.7 cm³/mol. The van der Waals surface area contributed by atoms with Crippen molar-refractivity contribution in [2.24, 2.45) is 5.92 Å². The Morgan fingerprint density at radius 1 is 1.29 bits per heavy atom. The van der Waals surface area contributed by atoms with Gasteiger partial charge < -0.3 is 4.90 Å².